The van der Waals surface area contributed by atoms with Crippen LogP contribution in [0.15, 0.2) is 60.7 Å². The number of epoxide rings is 4. The second-order valence-corrected chi connectivity index (χ2v) is 9.04. The molecule has 4 saturated heterocycles. The monoisotopic (exact) mass is 410 g/mol. The van der Waals surface area contributed by atoms with Gasteiger partial charge in [-0.25, -0.2) is 0 Å². The molecule has 4 fully saturated rings. The third-order valence-corrected chi connectivity index (χ3v) is 6.07. The molecule has 5 nitrogen and oxygen atoms in total. The molecule has 4 atom stereocenters. The maximum Gasteiger partial charge on any atom is 0.130 e. The van der Waals surface area contributed by atoms with Gasteiger partial charge in [-0.2, -0.15) is 0 Å². The summed E-state index contributed by atoms with van der Waals surface area (Å²) in [7, 11) is 0. The van der Waals surface area contributed by atoms with E-state index in [2.05, 4.69) is 60.7 Å². The highest BCUT2D eigenvalue weighted by atomic mass is 16.6. The lowest BCUT2D eigenvalue weighted by Gasteiger charge is -2.37. The quantitative estimate of drug-likeness (QED) is 0.446. The molecule has 4 aliphatic heterocycles. The van der Waals surface area contributed by atoms with Crippen molar-refractivity contribution in [1.82, 2.24) is 0 Å². The van der Waals surface area contributed by atoms with E-state index < -0.39 is 0 Å². The number of quaternary nitrogens is 1. The number of hydrogen-bond acceptors (Lipinski definition) is 4. The minimum absolute atomic E-state index is 0.464. The Labute approximate surface area is 179 Å². The fraction of sp³-hybridized carbons (Fsp3) is 0.520. The summed E-state index contributed by atoms with van der Waals surface area (Å²) in [6.45, 7) is 8.18. The van der Waals surface area contributed by atoms with E-state index in [1.165, 1.54) is 11.1 Å². The van der Waals surface area contributed by atoms with Crippen molar-refractivity contribution in [2.24, 2.45) is 0 Å². The Bertz CT molecular complexity index is 684. The highest BCUT2D eigenvalue weighted by Crippen LogP contribution is 2.29. The summed E-state index contributed by atoms with van der Waals surface area (Å²) in [6, 6.07) is 21.1. The van der Waals surface area contributed by atoms with Gasteiger partial charge < -0.3 is 23.4 Å². The van der Waals surface area contributed by atoms with Gasteiger partial charge in [0.1, 0.15) is 50.6 Å². The number of ether oxygens (including phenoxy) is 4. The van der Waals surface area contributed by atoms with E-state index in [9.17, 15) is 0 Å². The van der Waals surface area contributed by atoms with E-state index in [-0.39, 0.29) is 0 Å². The summed E-state index contributed by atoms with van der Waals surface area (Å²) in [5.74, 6) is 0. The predicted octanol–water partition coefficient (Wildman–Crippen LogP) is 2.68. The lowest BCUT2D eigenvalue weighted by molar-refractivity contribution is -0.929. The molecule has 2 aromatic carbocycles. The summed E-state index contributed by atoms with van der Waals surface area (Å²) in [6.07, 6.45) is 2.89. The molecule has 0 bridgehead atoms. The van der Waals surface area contributed by atoms with Crippen molar-refractivity contribution in [2.45, 2.75) is 30.8 Å². The molecule has 0 saturated carbocycles. The van der Waals surface area contributed by atoms with Crippen LogP contribution in [0.4, 0.5) is 0 Å². The SMILES string of the molecule is C1OC1C[N+](CC1CO1)(CC1CO1)CC1CO1.c1ccc(Cc2ccccc2)cc1. The largest absolute Gasteiger partial charge is 0.367 e. The Kier molecular flexibility index (Phi) is 6.16. The Morgan fingerprint density at radius 1 is 0.533 bits per heavy atom. The number of rotatable bonds is 10. The van der Waals surface area contributed by atoms with E-state index in [0.717, 1.165) is 63.5 Å². The Morgan fingerprint density at radius 2 is 0.833 bits per heavy atom. The van der Waals surface area contributed by atoms with Crippen LogP contribution in [0.2, 0.25) is 0 Å². The van der Waals surface area contributed by atoms with Crippen LogP contribution in [0, 0.1) is 0 Å². The van der Waals surface area contributed by atoms with Crippen LogP contribution >= 0.6 is 0 Å². The molecule has 4 unspecified atom stereocenters. The van der Waals surface area contributed by atoms with Crippen LogP contribution in [-0.4, -0.2) is 81.5 Å². The van der Waals surface area contributed by atoms with Gasteiger partial charge in [0.2, 0.25) is 0 Å². The number of benzene rings is 2. The smallest absolute Gasteiger partial charge is 0.130 e. The molecule has 0 N–H and O–H groups in total. The normalized spacial score (nSPS) is 29.9. The summed E-state index contributed by atoms with van der Waals surface area (Å²) in [5.41, 5.74) is 2.74. The first kappa shape index (κ1) is 20.2. The van der Waals surface area contributed by atoms with Crippen molar-refractivity contribution in [2.75, 3.05) is 52.6 Å². The Balaban J connectivity index is 0.000000134. The number of hydrogen-bond donors (Lipinski definition) is 0. The summed E-state index contributed by atoms with van der Waals surface area (Å²) in [5, 5.41) is 0. The highest BCUT2D eigenvalue weighted by molar-refractivity contribution is 5.25. The molecule has 0 aliphatic carbocycles. The first-order chi connectivity index (χ1) is 14.8. The fourth-order valence-electron chi connectivity index (χ4n) is 4.30. The molecule has 0 amide bonds. The van der Waals surface area contributed by atoms with Gasteiger partial charge in [-0.15, -0.1) is 0 Å². The molecule has 0 radical (unpaired) electrons. The zero-order valence-corrected chi connectivity index (χ0v) is 17.5. The van der Waals surface area contributed by atoms with Crippen LogP contribution in [0.25, 0.3) is 0 Å². The lowest BCUT2D eigenvalue weighted by Crippen LogP contribution is -2.56. The first-order valence-corrected chi connectivity index (χ1v) is 11.2. The van der Waals surface area contributed by atoms with Crippen molar-refractivity contribution in [3.05, 3.63) is 71.8 Å². The fourth-order valence-corrected chi connectivity index (χ4v) is 4.30. The topological polar surface area (TPSA) is 50.1 Å². The lowest BCUT2D eigenvalue weighted by atomic mass is 10.1. The van der Waals surface area contributed by atoms with Crippen LogP contribution < -0.4 is 0 Å². The molecule has 2 aromatic rings. The standard InChI is InChI=1S/C13H12.C12H20NO4/c1-3-7-12(8-4-1)11-13-9-5-2-6-10-13;1(9-5-14-9)13(2-10-6-15-10,3-11-7-16-11)4-12-8-17-12/h1-10H,11H2;9-12H,1-8H2/q;+1. The third kappa shape index (κ3) is 6.62. The van der Waals surface area contributed by atoms with Crippen molar-refractivity contribution in [3.8, 4) is 0 Å². The van der Waals surface area contributed by atoms with E-state index in [1.54, 1.807) is 0 Å². The van der Waals surface area contributed by atoms with Crippen LogP contribution in [0.3, 0.4) is 0 Å². The maximum atomic E-state index is 5.43. The summed E-state index contributed by atoms with van der Waals surface area (Å²) in [4.78, 5) is 0. The van der Waals surface area contributed by atoms with Crippen molar-refractivity contribution >= 4 is 0 Å². The second kappa shape index (κ2) is 9.16. The molecule has 5 heteroatoms. The van der Waals surface area contributed by atoms with Gasteiger partial charge in [0.25, 0.3) is 0 Å². The molecule has 4 heterocycles. The van der Waals surface area contributed by atoms with E-state index in [0.29, 0.717) is 24.4 Å². The summed E-state index contributed by atoms with van der Waals surface area (Å²) < 4.78 is 22.8. The van der Waals surface area contributed by atoms with Gasteiger partial charge in [0.15, 0.2) is 0 Å². The Hall–Kier alpha value is -1.76. The first-order valence-electron chi connectivity index (χ1n) is 11.2. The van der Waals surface area contributed by atoms with Gasteiger partial charge in [0.05, 0.1) is 26.4 Å². The molecule has 6 rings (SSSR count). The van der Waals surface area contributed by atoms with E-state index in [4.69, 9.17) is 18.9 Å². The molecule has 30 heavy (non-hydrogen) atoms. The third-order valence-electron chi connectivity index (χ3n) is 6.07. The molecule has 4 aliphatic rings. The zero-order valence-electron chi connectivity index (χ0n) is 17.5. The summed E-state index contributed by atoms with van der Waals surface area (Å²) >= 11 is 0. The van der Waals surface area contributed by atoms with Crippen LogP contribution in [0.5, 0.6) is 0 Å². The minimum Gasteiger partial charge on any atom is -0.367 e. The molecular formula is C25H32NO4+. The van der Waals surface area contributed by atoms with E-state index >= 15 is 0 Å². The van der Waals surface area contributed by atoms with Crippen molar-refractivity contribution in [3.63, 3.8) is 0 Å². The zero-order chi connectivity index (χ0) is 20.2. The van der Waals surface area contributed by atoms with Gasteiger partial charge >= 0.3 is 0 Å². The van der Waals surface area contributed by atoms with Gasteiger partial charge in [-0.1, -0.05) is 60.7 Å². The molecule has 0 spiro atoms. The van der Waals surface area contributed by atoms with Gasteiger partial charge in [0, 0.05) is 0 Å². The highest BCUT2D eigenvalue weighted by Gasteiger charge is 2.48. The maximum absolute atomic E-state index is 5.43. The second-order valence-electron chi connectivity index (χ2n) is 9.04. The Morgan fingerprint density at radius 3 is 1.10 bits per heavy atom. The average molecular weight is 411 g/mol. The van der Waals surface area contributed by atoms with Crippen molar-refractivity contribution < 1.29 is 23.4 Å². The van der Waals surface area contributed by atoms with Gasteiger partial charge in [-0.3, -0.25) is 0 Å². The van der Waals surface area contributed by atoms with Crippen LogP contribution in [0.1, 0.15) is 11.1 Å². The molecule has 160 valence electrons. The van der Waals surface area contributed by atoms with Gasteiger partial charge in [-0.05, 0) is 17.5 Å². The predicted molar refractivity (Wildman–Crippen MR) is 114 cm³/mol. The number of nitrogens with zero attached hydrogens (tertiary/aromatic N) is 1. The van der Waals surface area contributed by atoms with Crippen LogP contribution in [-0.2, 0) is 25.4 Å². The minimum atomic E-state index is 0.464. The molecular weight excluding hydrogens is 378 g/mol. The molecule has 0 aromatic heterocycles. The van der Waals surface area contributed by atoms with Crippen molar-refractivity contribution in [1.29, 1.82) is 0 Å². The van der Waals surface area contributed by atoms with E-state index in [1.807, 2.05) is 0 Å². The average Bonchev–Trinajstić information content (AvgIpc) is 3.59.